The van der Waals surface area contributed by atoms with Crippen LogP contribution in [-0.2, 0) is 6.54 Å². The van der Waals surface area contributed by atoms with Gasteiger partial charge in [-0.15, -0.1) is 0 Å². The summed E-state index contributed by atoms with van der Waals surface area (Å²) in [5.41, 5.74) is 6.79. The van der Waals surface area contributed by atoms with Gasteiger partial charge in [-0.25, -0.2) is 0 Å². The minimum absolute atomic E-state index is 0.639. The molecule has 1 aromatic rings. The van der Waals surface area contributed by atoms with Gasteiger partial charge >= 0.3 is 0 Å². The van der Waals surface area contributed by atoms with Gasteiger partial charge < -0.3 is 5.73 Å². The number of nitrogen functional groups attached to an aromatic ring is 1. The van der Waals surface area contributed by atoms with Gasteiger partial charge in [-0.2, -0.15) is 5.10 Å². The third kappa shape index (κ3) is 1.85. The van der Waals surface area contributed by atoms with Gasteiger partial charge in [0.15, 0.2) is 0 Å². The van der Waals surface area contributed by atoms with Crippen LogP contribution in [0.4, 0.5) is 5.82 Å². The number of nitrogens with zero attached hydrogens (tertiary/aromatic N) is 2. The minimum atomic E-state index is 0.639. The summed E-state index contributed by atoms with van der Waals surface area (Å²) in [6.45, 7) is 5.38. The monoisotopic (exact) mass is 179 g/mol. The Labute approximate surface area is 78.9 Å². The van der Waals surface area contributed by atoms with Crippen LogP contribution in [0.25, 0.3) is 0 Å². The highest BCUT2D eigenvalue weighted by atomic mass is 15.3. The van der Waals surface area contributed by atoms with Crippen LogP contribution in [0.5, 0.6) is 0 Å². The zero-order valence-electron chi connectivity index (χ0n) is 8.33. The number of anilines is 1. The topological polar surface area (TPSA) is 43.8 Å². The Balaban J connectivity index is 2.03. The van der Waals surface area contributed by atoms with Gasteiger partial charge in [0.25, 0.3) is 0 Å². The summed E-state index contributed by atoms with van der Waals surface area (Å²) in [5, 5.41) is 4.25. The van der Waals surface area contributed by atoms with E-state index in [1.807, 2.05) is 10.7 Å². The van der Waals surface area contributed by atoms with Gasteiger partial charge in [0, 0.05) is 18.3 Å². The molecule has 1 aliphatic rings. The Kier molecular flexibility index (Phi) is 2.02. The molecular formula is C10H17N3. The molecule has 0 spiro atoms. The van der Waals surface area contributed by atoms with Crippen molar-refractivity contribution in [2.75, 3.05) is 5.73 Å². The fourth-order valence-electron chi connectivity index (χ4n) is 1.81. The van der Waals surface area contributed by atoms with Gasteiger partial charge in [0.2, 0.25) is 0 Å². The lowest BCUT2D eigenvalue weighted by Gasteiger charge is -2.10. The van der Waals surface area contributed by atoms with Crippen LogP contribution in [0.1, 0.15) is 25.5 Å². The Bertz CT molecular complexity index is 299. The quantitative estimate of drug-likeness (QED) is 0.769. The maximum absolute atomic E-state index is 5.61. The second-order valence-corrected chi connectivity index (χ2v) is 4.21. The SMILES string of the molecule is Cc1cc(N)nn1CC(C)C1CC1. The molecule has 2 N–H and O–H groups in total. The van der Waals surface area contributed by atoms with Crippen LogP contribution < -0.4 is 5.73 Å². The van der Waals surface area contributed by atoms with E-state index in [1.54, 1.807) is 0 Å². The lowest BCUT2D eigenvalue weighted by molar-refractivity contribution is 0.402. The first-order valence-corrected chi connectivity index (χ1v) is 4.96. The van der Waals surface area contributed by atoms with Crippen LogP contribution >= 0.6 is 0 Å². The number of hydrogen-bond donors (Lipinski definition) is 1. The molecule has 2 rings (SSSR count). The van der Waals surface area contributed by atoms with Crippen LogP contribution in [0.3, 0.4) is 0 Å². The Morgan fingerprint density at radius 2 is 2.38 bits per heavy atom. The molecule has 0 aliphatic heterocycles. The molecule has 1 unspecified atom stereocenters. The Morgan fingerprint density at radius 1 is 1.69 bits per heavy atom. The Hall–Kier alpha value is -0.990. The van der Waals surface area contributed by atoms with Crippen molar-refractivity contribution in [3.8, 4) is 0 Å². The number of aryl methyl sites for hydroxylation is 1. The molecule has 0 aromatic carbocycles. The highest BCUT2D eigenvalue weighted by Crippen LogP contribution is 2.37. The number of nitrogens with two attached hydrogens (primary N) is 1. The van der Waals surface area contributed by atoms with E-state index >= 15 is 0 Å². The van der Waals surface area contributed by atoms with Crippen molar-refractivity contribution in [1.29, 1.82) is 0 Å². The molecule has 1 fully saturated rings. The normalized spacial score (nSPS) is 18.9. The maximum Gasteiger partial charge on any atom is 0.145 e. The smallest absolute Gasteiger partial charge is 0.145 e. The molecule has 72 valence electrons. The molecule has 1 aromatic heterocycles. The van der Waals surface area contributed by atoms with Crippen molar-refractivity contribution < 1.29 is 0 Å². The van der Waals surface area contributed by atoms with Crippen molar-refractivity contribution >= 4 is 5.82 Å². The summed E-state index contributed by atoms with van der Waals surface area (Å²) in [6.07, 6.45) is 2.80. The van der Waals surface area contributed by atoms with Crippen molar-refractivity contribution in [2.45, 2.75) is 33.2 Å². The van der Waals surface area contributed by atoms with E-state index in [9.17, 15) is 0 Å². The van der Waals surface area contributed by atoms with Gasteiger partial charge in [-0.3, -0.25) is 4.68 Å². The van der Waals surface area contributed by atoms with Crippen LogP contribution in [0, 0.1) is 18.8 Å². The number of aromatic nitrogens is 2. The third-order valence-corrected chi connectivity index (χ3v) is 2.89. The lowest BCUT2D eigenvalue weighted by Crippen LogP contribution is -2.12. The van der Waals surface area contributed by atoms with E-state index in [0.717, 1.165) is 18.4 Å². The second-order valence-electron chi connectivity index (χ2n) is 4.21. The summed E-state index contributed by atoms with van der Waals surface area (Å²) >= 11 is 0. The predicted octanol–water partition coefficient (Wildman–Crippen LogP) is 1.82. The van der Waals surface area contributed by atoms with E-state index in [4.69, 9.17) is 5.73 Å². The fourth-order valence-corrected chi connectivity index (χ4v) is 1.81. The van der Waals surface area contributed by atoms with Crippen molar-refractivity contribution in [3.05, 3.63) is 11.8 Å². The van der Waals surface area contributed by atoms with Crippen LogP contribution in [0.2, 0.25) is 0 Å². The zero-order chi connectivity index (χ0) is 9.42. The highest BCUT2D eigenvalue weighted by molar-refractivity contribution is 5.28. The van der Waals surface area contributed by atoms with Crippen molar-refractivity contribution in [1.82, 2.24) is 9.78 Å². The Morgan fingerprint density at radius 3 is 2.85 bits per heavy atom. The van der Waals surface area contributed by atoms with Gasteiger partial charge in [-0.05, 0) is 31.6 Å². The first-order valence-electron chi connectivity index (χ1n) is 4.96. The predicted molar refractivity (Wildman–Crippen MR) is 53.3 cm³/mol. The molecule has 1 aliphatic carbocycles. The molecule has 1 saturated carbocycles. The molecule has 1 atom stereocenters. The number of rotatable bonds is 3. The summed E-state index contributed by atoms with van der Waals surface area (Å²) in [4.78, 5) is 0. The molecule has 13 heavy (non-hydrogen) atoms. The van der Waals surface area contributed by atoms with E-state index < -0.39 is 0 Å². The first kappa shape index (κ1) is 8.60. The molecule has 3 nitrogen and oxygen atoms in total. The molecule has 0 bridgehead atoms. The largest absolute Gasteiger partial charge is 0.382 e. The van der Waals surface area contributed by atoms with Crippen molar-refractivity contribution in [2.24, 2.45) is 11.8 Å². The van der Waals surface area contributed by atoms with E-state index in [2.05, 4.69) is 18.9 Å². The van der Waals surface area contributed by atoms with Gasteiger partial charge in [-0.1, -0.05) is 6.92 Å². The van der Waals surface area contributed by atoms with E-state index in [0.29, 0.717) is 5.82 Å². The lowest BCUT2D eigenvalue weighted by atomic mass is 10.1. The summed E-state index contributed by atoms with van der Waals surface area (Å²) in [7, 11) is 0. The average molecular weight is 179 g/mol. The standard InChI is InChI=1S/C10H17N3/c1-7(9-3-4-9)6-13-8(2)5-10(11)12-13/h5,7,9H,3-4,6H2,1-2H3,(H2,11,12). The first-order chi connectivity index (χ1) is 6.16. The molecule has 1 heterocycles. The van der Waals surface area contributed by atoms with Crippen molar-refractivity contribution in [3.63, 3.8) is 0 Å². The summed E-state index contributed by atoms with van der Waals surface area (Å²) in [5.74, 6) is 2.32. The maximum atomic E-state index is 5.61. The molecule has 0 amide bonds. The third-order valence-electron chi connectivity index (χ3n) is 2.89. The second kappa shape index (κ2) is 3.05. The van der Waals surface area contributed by atoms with Gasteiger partial charge in [0.05, 0.1) is 0 Å². The van der Waals surface area contributed by atoms with Gasteiger partial charge in [0.1, 0.15) is 5.82 Å². The minimum Gasteiger partial charge on any atom is -0.382 e. The van der Waals surface area contributed by atoms with Crippen LogP contribution in [-0.4, -0.2) is 9.78 Å². The summed E-state index contributed by atoms with van der Waals surface area (Å²) in [6, 6.07) is 1.93. The molecule has 3 heteroatoms. The zero-order valence-corrected chi connectivity index (χ0v) is 8.33. The summed E-state index contributed by atoms with van der Waals surface area (Å²) < 4.78 is 2.03. The molecule has 0 saturated heterocycles. The average Bonchev–Trinajstić information content (AvgIpc) is 2.81. The molecule has 0 radical (unpaired) electrons. The van der Waals surface area contributed by atoms with E-state index in [-0.39, 0.29) is 0 Å². The highest BCUT2D eigenvalue weighted by Gasteiger charge is 2.28. The fraction of sp³-hybridized carbons (Fsp3) is 0.700. The number of hydrogen-bond acceptors (Lipinski definition) is 2. The van der Waals surface area contributed by atoms with E-state index in [1.165, 1.54) is 18.5 Å². The van der Waals surface area contributed by atoms with Crippen LogP contribution in [0.15, 0.2) is 6.07 Å². The molecular weight excluding hydrogens is 162 g/mol.